The van der Waals surface area contributed by atoms with E-state index in [1.807, 2.05) is 35.1 Å². The smallest absolute Gasteiger partial charge is 0.178 e. The fourth-order valence-corrected chi connectivity index (χ4v) is 2.85. The third kappa shape index (κ3) is 2.31. The minimum absolute atomic E-state index is 0.194. The number of halogens is 1. The van der Waals surface area contributed by atoms with Gasteiger partial charge < -0.3 is 9.55 Å². The molecule has 98 valence electrons. The first-order chi connectivity index (χ1) is 9.15. The van der Waals surface area contributed by atoms with E-state index in [1.54, 1.807) is 6.20 Å². The Kier molecular flexibility index (Phi) is 3.16. The van der Waals surface area contributed by atoms with Crippen LogP contribution >= 0.6 is 23.8 Å². The molecule has 1 unspecified atom stereocenters. The van der Waals surface area contributed by atoms with Crippen LogP contribution in [-0.2, 0) is 6.54 Å². The Morgan fingerprint density at radius 2 is 2.32 bits per heavy atom. The number of rotatable bonds is 3. The molecule has 4 nitrogen and oxygen atoms in total. The average Bonchev–Trinajstić information content (AvgIpc) is 2.95. The van der Waals surface area contributed by atoms with Gasteiger partial charge in [0, 0.05) is 17.4 Å². The molecule has 3 aromatic rings. The van der Waals surface area contributed by atoms with E-state index in [9.17, 15) is 0 Å². The van der Waals surface area contributed by atoms with Gasteiger partial charge in [0.1, 0.15) is 0 Å². The van der Waals surface area contributed by atoms with Gasteiger partial charge in [-0.1, -0.05) is 11.6 Å². The third-order valence-electron chi connectivity index (χ3n) is 3.13. The monoisotopic (exact) mass is 292 g/mol. The number of nitrogens with one attached hydrogen (secondary N) is 1. The van der Waals surface area contributed by atoms with Crippen molar-refractivity contribution >= 4 is 34.9 Å². The van der Waals surface area contributed by atoms with E-state index in [-0.39, 0.29) is 6.04 Å². The number of nitrogens with zero attached hydrogens (tertiary/aromatic N) is 3. The molecule has 0 aliphatic carbocycles. The molecule has 0 saturated heterocycles. The summed E-state index contributed by atoms with van der Waals surface area (Å²) in [6.45, 7) is 2.88. The lowest BCUT2D eigenvalue weighted by Crippen LogP contribution is -2.13. The van der Waals surface area contributed by atoms with Crippen molar-refractivity contribution in [3.8, 4) is 0 Å². The third-order valence-corrected chi connectivity index (χ3v) is 3.66. The highest BCUT2D eigenvalue weighted by atomic mass is 35.5. The number of H-pyrrole nitrogens is 1. The van der Waals surface area contributed by atoms with Crippen molar-refractivity contribution in [2.45, 2.75) is 19.5 Å². The predicted molar refractivity (Wildman–Crippen MR) is 79.1 cm³/mol. The van der Waals surface area contributed by atoms with Gasteiger partial charge in [0.25, 0.3) is 0 Å². The Bertz CT molecular complexity index is 757. The van der Waals surface area contributed by atoms with Gasteiger partial charge in [-0.3, -0.25) is 4.68 Å². The summed E-state index contributed by atoms with van der Waals surface area (Å²) < 4.78 is 4.69. The minimum atomic E-state index is 0.194. The van der Waals surface area contributed by atoms with E-state index in [0.717, 1.165) is 17.6 Å². The normalized spacial score (nSPS) is 12.9. The molecule has 0 radical (unpaired) electrons. The van der Waals surface area contributed by atoms with Gasteiger partial charge in [-0.25, -0.2) is 0 Å². The van der Waals surface area contributed by atoms with Gasteiger partial charge in [-0.2, -0.15) is 5.10 Å². The molecule has 0 saturated carbocycles. The molecule has 2 aromatic heterocycles. The predicted octanol–water partition coefficient (Wildman–Crippen LogP) is 3.81. The van der Waals surface area contributed by atoms with Crippen LogP contribution in [0.25, 0.3) is 11.0 Å². The van der Waals surface area contributed by atoms with Crippen LogP contribution in [0.5, 0.6) is 0 Å². The summed E-state index contributed by atoms with van der Waals surface area (Å²) in [7, 11) is 0. The summed E-state index contributed by atoms with van der Waals surface area (Å²) in [5.74, 6) is 0. The van der Waals surface area contributed by atoms with E-state index in [2.05, 4.69) is 21.6 Å². The highest BCUT2D eigenvalue weighted by molar-refractivity contribution is 7.71. The molecule has 1 N–H and O–H groups in total. The molecule has 3 rings (SSSR count). The highest BCUT2D eigenvalue weighted by Gasteiger charge is 2.12. The molecule has 0 amide bonds. The summed E-state index contributed by atoms with van der Waals surface area (Å²) in [6.07, 6.45) is 3.72. The number of fused-ring (bicyclic) bond motifs is 1. The largest absolute Gasteiger partial charge is 0.331 e. The second kappa shape index (κ2) is 4.83. The molecule has 0 fully saturated rings. The first-order valence-electron chi connectivity index (χ1n) is 6.02. The molecule has 0 spiro atoms. The average molecular weight is 293 g/mol. The van der Waals surface area contributed by atoms with Crippen LogP contribution in [-0.4, -0.2) is 19.3 Å². The minimum Gasteiger partial charge on any atom is -0.331 e. The zero-order valence-corrected chi connectivity index (χ0v) is 11.9. The van der Waals surface area contributed by atoms with Crippen LogP contribution < -0.4 is 0 Å². The van der Waals surface area contributed by atoms with E-state index in [4.69, 9.17) is 23.8 Å². The highest BCUT2D eigenvalue weighted by Crippen LogP contribution is 2.23. The fraction of sp³-hybridized carbons (Fsp3) is 0.231. The van der Waals surface area contributed by atoms with Gasteiger partial charge in [-0.05, 0) is 43.4 Å². The van der Waals surface area contributed by atoms with Crippen LogP contribution in [0.1, 0.15) is 13.0 Å². The number of imidazole rings is 1. The molecule has 19 heavy (non-hydrogen) atoms. The van der Waals surface area contributed by atoms with Gasteiger partial charge in [0.05, 0.1) is 23.6 Å². The number of hydrogen-bond donors (Lipinski definition) is 1. The quantitative estimate of drug-likeness (QED) is 0.746. The summed E-state index contributed by atoms with van der Waals surface area (Å²) in [5.41, 5.74) is 2.03. The summed E-state index contributed by atoms with van der Waals surface area (Å²) in [6, 6.07) is 7.85. The number of aromatic nitrogens is 4. The lowest BCUT2D eigenvalue weighted by molar-refractivity contribution is 0.442. The van der Waals surface area contributed by atoms with Crippen LogP contribution in [0.3, 0.4) is 0 Å². The SMILES string of the molecule is CC(Cn1cccn1)n1c(=S)[nH]c2ccc(Cl)cc21. The Balaban J connectivity index is 2.06. The van der Waals surface area contributed by atoms with Crippen molar-refractivity contribution in [1.82, 2.24) is 19.3 Å². The van der Waals surface area contributed by atoms with Gasteiger partial charge in [0.2, 0.25) is 0 Å². The lowest BCUT2D eigenvalue weighted by atomic mass is 10.2. The Morgan fingerprint density at radius 3 is 3.05 bits per heavy atom. The molecular formula is C13H13ClN4S. The van der Waals surface area contributed by atoms with Gasteiger partial charge >= 0.3 is 0 Å². The molecule has 0 aliphatic rings. The van der Waals surface area contributed by atoms with E-state index < -0.39 is 0 Å². The van der Waals surface area contributed by atoms with Gasteiger partial charge in [0.15, 0.2) is 4.77 Å². The summed E-state index contributed by atoms with van der Waals surface area (Å²) in [4.78, 5) is 3.20. The topological polar surface area (TPSA) is 38.5 Å². The summed E-state index contributed by atoms with van der Waals surface area (Å²) in [5, 5.41) is 4.94. The molecule has 0 bridgehead atoms. The number of benzene rings is 1. The van der Waals surface area contributed by atoms with E-state index in [1.165, 1.54) is 0 Å². The zero-order valence-electron chi connectivity index (χ0n) is 10.4. The van der Waals surface area contributed by atoms with Crippen molar-refractivity contribution in [1.29, 1.82) is 0 Å². The Hall–Kier alpha value is -1.59. The second-order valence-electron chi connectivity index (χ2n) is 4.54. The van der Waals surface area contributed by atoms with Crippen LogP contribution in [0.4, 0.5) is 0 Å². The standard InChI is InChI=1S/C13H13ClN4S/c1-9(8-17-6-2-5-15-17)18-12-7-10(14)3-4-11(12)16-13(18)19/h2-7,9H,8H2,1H3,(H,16,19). The second-order valence-corrected chi connectivity index (χ2v) is 5.36. The molecule has 6 heteroatoms. The summed E-state index contributed by atoms with van der Waals surface area (Å²) >= 11 is 11.5. The maximum Gasteiger partial charge on any atom is 0.178 e. The maximum absolute atomic E-state index is 6.07. The van der Waals surface area contributed by atoms with E-state index in [0.29, 0.717) is 9.79 Å². The number of hydrogen-bond acceptors (Lipinski definition) is 2. The van der Waals surface area contributed by atoms with Crippen molar-refractivity contribution in [2.24, 2.45) is 0 Å². The van der Waals surface area contributed by atoms with Crippen molar-refractivity contribution in [2.75, 3.05) is 0 Å². The van der Waals surface area contributed by atoms with Crippen molar-refractivity contribution < 1.29 is 0 Å². The maximum atomic E-state index is 6.07. The van der Waals surface area contributed by atoms with Crippen molar-refractivity contribution in [3.05, 3.63) is 46.5 Å². The fourth-order valence-electron chi connectivity index (χ4n) is 2.29. The molecule has 0 aliphatic heterocycles. The van der Waals surface area contributed by atoms with Crippen LogP contribution in [0.15, 0.2) is 36.7 Å². The Morgan fingerprint density at radius 1 is 1.47 bits per heavy atom. The first-order valence-corrected chi connectivity index (χ1v) is 6.81. The zero-order chi connectivity index (χ0) is 13.4. The number of aromatic amines is 1. The van der Waals surface area contributed by atoms with E-state index >= 15 is 0 Å². The van der Waals surface area contributed by atoms with Gasteiger partial charge in [-0.15, -0.1) is 0 Å². The first kappa shape index (κ1) is 12.4. The van der Waals surface area contributed by atoms with Crippen LogP contribution in [0.2, 0.25) is 5.02 Å². The molecule has 2 heterocycles. The molecule has 1 atom stereocenters. The molecular weight excluding hydrogens is 280 g/mol. The lowest BCUT2D eigenvalue weighted by Gasteiger charge is -2.14. The van der Waals surface area contributed by atoms with Crippen LogP contribution in [0, 0.1) is 4.77 Å². The van der Waals surface area contributed by atoms with Crippen molar-refractivity contribution in [3.63, 3.8) is 0 Å². The Labute approximate surface area is 120 Å². The molecule has 1 aromatic carbocycles.